The number of aliphatic imine (C=N–C) groups is 1. The highest BCUT2D eigenvalue weighted by Crippen LogP contribution is 2.40. The van der Waals surface area contributed by atoms with Gasteiger partial charge in [-0.05, 0) is 123 Å². The van der Waals surface area contributed by atoms with Gasteiger partial charge < -0.3 is 4.74 Å². The molecule has 4 nitrogen and oxygen atoms in total. The molecule has 0 saturated carbocycles. The summed E-state index contributed by atoms with van der Waals surface area (Å²) in [4.78, 5) is 20.3. The number of benzene rings is 3. The molecule has 0 atom stereocenters. The van der Waals surface area contributed by atoms with Crippen molar-refractivity contribution in [1.82, 2.24) is 0 Å². The highest BCUT2D eigenvalue weighted by atomic mass is 79.9. The molecule has 1 heterocycles. The second-order valence-electron chi connectivity index (χ2n) is 6.85. The molecule has 168 valence electrons. The average Bonchev–Trinajstić information content (AvgIpc) is 3.07. The molecule has 0 radical (unpaired) electrons. The molecule has 0 unspecified atom stereocenters. The minimum absolute atomic E-state index is 0.170. The monoisotopic (exact) mass is 624 g/mol. The Balaban J connectivity index is 1.75. The number of ether oxygens (including phenoxy) is 1. The van der Waals surface area contributed by atoms with E-state index in [4.69, 9.17) is 32.9 Å². The van der Waals surface area contributed by atoms with Crippen molar-refractivity contribution < 1.29 is 9.53 Å². The largest absolute Gasteiger partial charge is 0.492 e. The molecule has 3 aromatic carbocycles. The summed E-state index contributed by atoms with van der Waals surface area (Å²) in [5.74, 6) is 0.550. The average molecular weight is 627 g/mol. The number of amidine groups is 1. The number of amides is 1. The van der Waals surface area contributed by atoms with Crippen LogP contribution in [0.1, 0.15) is 12.5 Å². The number of hydrogen-bond donors (Lipinski definition) is 0. The molecule has 0 aromatic heterocycles. The molecule has 9 heteroatoms. The standard InChI is InChI=1S/C24H16Br2Cl2N2O2S/c1-2-32-22-19(25)11-14(12-20(22)26)13-21-23(31)30(18-9-5-16(28)6-10-18)24(33-21)29-17-7-3-15(27)4-8-17/h3-13H,2H2,1H3/b21-13-,29-24?. The number of rotatable bonds is 5. The quantitative estimate of drug-likeness (QED) is 0.266. The molecule has 0 aliphatic carbocycles. The van der Waals surface area contributed by atoms with Crippen LogP contribution in [0, 0.1) is 0 Å². The van der Waals surface area contributed by atoms with Gasteiger partial charge in [0.15, 0.2) is 5.17 Å². The summed E-state index contributed by atoms with van der Waals surface area (Å²) in [6.45, 7) is 2.47. The van der Waals surface area contributed by atoms with Gasteiger partial charge in [0.25, 0.3) is 5.91 Å². The molecular formula is C24H16Br2Cl2N2O2S. The first kappa shape index (κ1) is 24.4. The smallest absolute Gasteiger partial charge is 0.271 e. The second-order valence-corrected chi connectivity index (χ2v) is 10.4. The van der Waals surface area contributed by atoms with Crippen molar-refractivity contribution in [2.75, 3.05) is 11.5 Å². The lowest BCUT2D eigenvalue weighted by Gasteiger charge is -2.15. The summed E-state index contributed by atoms with van der Waals surface area (Å²) in [6, 6.07) is 18.1. The van der Waals surface area contributed by atoms with E-state index in [9.17, 15) is 4.79 Å². The maximum absolute atomic E-state index is 13.4. The minimum Gasteiger partial charge on any atom is -0.492 e. The molecule has 1 amide bonds. The highest BCUT2D eigenvalue weighted by molar-refractivity contribution is 9.11. The van der Waals surface area contributed by atoms with Crippen LogP contribution in [0.15, 0.2) is 79.5 Å². The Kier molecular flexibility index (Phi) is 7.87. The molecule has 1 aliphatic rings. The van der Waals surface area contributed by atoms with Gasteiger partial charge in [0.2, 0.25) is 0 Å². The summed E-state index contributed by atoms with van der Waals surface area (Å²) in [6.07, 6.45) is 1.84. The third kappa shape index (κ3) is 5.66. The van der Waals surface area contributed by atoms with Crippen molar-refractivity contribution in [3.8, 4) is 5.75 Å². The summed E-state index contributed by atoms with van der Waals surface area (Å²) < 4.78 is 7.25. The topological polar surface area (TPSA) is 41.9 Å². The van der Waals surface area contributed by atoms with Crippen molar-refractivity contribution in [3.63, 3.8) is 0 Å². The van der Waals surface area contributed by atoms with E-state index < -0.39 is 0 Å². The van der Waals surface area contributed by atoms with Gasteiger partial charge in [-0.15, -0.1) is 0 Å². The molecule has 3 aromatic rings. The van der Waals surface area contributed by atoms with E-state index in [1.807, 2.05) is 37.3 Å². The molecule has 33 heavy (non-hydrogen) atoms. The fourth-order valence-electron chi connectivity index (χ4n) is 3.09. The fraction of sp³-hybridized carbons (Fsp3) is 0.0833. The number of halogens is 4. The maximum atomic E-state index is 13.4. The van der Waals surface area contributed by atoms with Crippen LogP contribution in [0.2, 0.25) is 10.0 Å². The van der Waals surface area contributed by atoms with Crippen LogP contribution < -0.4 is 9.64 Å². The van der Waals surface area contributed by atoms with Gasteiger partial charge in [0.05, 0.1) is 31.8 Å². The number of hydrogen-bond acceptors (Lipinski definition) is 4. The van der Waals surface area contributed by atoms with Crippen LogP contribution in [0.25, 0.3) is 6.08 Å². The van der Waals surface area contributed by atoms with Gasteiger partial charge in [-0.2, -0.15) is 0 Å². The van der Waals surface area contributed by atoms with Gasteiger partial charge in [0, 0.05) is 10.0 Å². The van der Waals surface area contributed by atoms with Crippen LogP contribution >= 0.6 is 66.8 Å². The fourth-order valence-corrected chi connectivity index (χ4v) is 5.79. The van der Waals surface area contributed by atoms with Crippen molar-refractivity contribution in [2.24, 2.45) is 4.99 Å². The zero-order valence-corrected chi connectivity index (χ0v) is 22.7. The van der Waals surface area contributed by atoms with Crippen LogP contribution in [-0.2, 0) is 4.79 Å². The summed E-state index contributed by atoms with van der Waals surface area (Å²) in [7, 11) is 0. The second kappa shape index (κ2) is 10.7. The maximum Gasteiger partial charge on any atom is 0.271 e. The summed E-state index contributed by atoms with van der Waals surface area (Å²) >= 11 is 20.5. The van der Waals surface area contributed by atoms with Gasteiger partial charge in [-0.25, -0.2) is 4.99 Å². The lowest BCUT2D eigenvalue weighted by molar-refractivity contribution is -0.113. The minimum atomic E-state index is -0.170. The lowest BCUT2D eigenvalue weighted by Crippen LogP contribution is -2.28. The number of carbonyl (C=O) groups excluding carboxylic acids is 1. The van der Waals surface area contributed by atoms with Crippen LogP contribution in [-0.4, -0.2) is 17.7 Å². The Bertz CT molecular complexity index is 1240. The third-order valence-electron chi connectivity index (χ3n) is 4.55. The first-order valence-electron chi connectivity index (χ1n) is 9.81. The Morgan fingerprint density at radius 1 is 1.00 bits per heavy atom. The predicted molar refractivity (Wildman–Crippen MR) is 146 cm³/mol. The molecule has 0 bridgehead atoms. The third-order valence-corrected chi connectivity index (χ3v) is 7.20. The van der Waals surface area contributed by atoms with E-state index in [1.54, 1.807) is 41.3 Å². The van der Waals surface area contributed by atoms with E-state index in [1.165, 1.54) is 11.8 Å². The van der Waals surface area contributed by atoms with E-state index in [-0.39, 0.29) is 5.91 Å². The Morgan fingerprint density at radius 3 is 2.15 bits per heavy atom. The van der Waals surface area contributed by atoms with E-state index in [0.29, 0.717) is 38.1 Å². The first-order valence-corrected chi connectivity index (χ1v) is 13.0. The van der Waals surface area contributed by atoms with Gasteiger partial charge >= 0.3 is 0 Å². The van der Waals surface area contributed by atoms with Crippen molar-refractivity contribution in [3.05, 3.63) is 90.1 Å². The van der Waals surface area contributed by atoms with Gasteiger partial charge in [-0.1, -0.05) is 23.2 Å². The predicted octanol–water partition coefficient (Wildman–Crippen LogP) is 8.73. The van der Waals surface area contributed by atoms with Gasteiger partial charge in [0.1, 0.15) is 5.75 Å². The van der Waals surface area contributed by atoms with Crippen LogP contribution in [0.5, 0.6) is 5.75 Å². The number of nitrogens with zero attached hydrogens (tertiary/aromatic N) is 2. The highest BCUT2D eigenvalue weighted by Gasteiger charge is 2.34. The number of carbonyl (C=O) groups is 1. The molecule has 4 rings (SSSR count). The summed E-state index contributed by atoms with van der Waals surface area (Å²) in [5, 5.41) is 1.75. The number of anilines is 1. The zero-order chi connectivity index (χ0) is 23.5. The first-order chi connectivity index (χ1) is 15.9. The molecule has 1 fully saturated rings. The van der Waals surface area contributed by atoms with E-state index in [0.717, 1.165) is 20.3 Å². The molecule has 0 N–H and O–H groups in total. The Labute approximate surface area is 222 Å². The molecule has 1 saturated heterocycles. The van der Waals surface area contributed by atoms with Crippen molar-refractivity contribution in [1.29, 1.82) is 0 Å². The molecule has 0 spiro atoms. The summed E-state index contributed by atoms with van der Waals surface area (Å²) in [5.41, 5.74) is 2.22. The van der Waals surface area contributed by atoms with Crippen molar-refractivity contribution >= 4 is 95.3 Å². The van der Waals surface area contributed by atoms with Crippen LogP contribution in [0.3, 0.4) is 0 Å². The zero-order valence-electron chi connectivity index (χ0n) is 17.2. The van der Waals surface area contributed by atoms with E-state index >= 15 is 0 Å². The Hall–Kier alpha value is -1.77. The molecule has 1 aliphatic heterocycles. The number of thioether (sulfide) groups is 1. The SMILES string of the molecule is CCOc1c(Br)cc(/C=C2\SC(=Nc3ccc(Cl)cc3)N(c3ccc(Cl)cc3)C2=O)cc1Br. The van der Waals surface area contributed by atoms with Crippen molar-refractivity contribution in [2.45, 2.75) is 6.92 Å². The molecular weight excluding hydrogens is 611 g/mol. The normalized spacial score (nSPS) is 16.2. The van der Waals surface area contributed by atoms with Crippen LogP contribution in [0.4, 0.5) is 11.4 Å². The lowest BCUT2D eigenvalue weighted by atomic mass is 10.2. The van der Waals surface area contributed by atoms with Gasteiger partial charge in [-0.3, -0.25) is 9.69 Å². The Morgan fingerprint density at radius 2 is 1.58 bits per heavy atom. The van der Waals surface area contributed by atoms with E-state index in [2.05, 4.69) is 31.9 Å².